The first-order chi connectivity index (χ1) is 15.9. The lowest BCUT2D eigenvalue weighted by Gasteiger charge is -2.25. The molecule has 178 valence electrons. The second kappa shape index (κ2) is 12.6. The Morgan fingerprint density at radius 3 is 2.70 bits per heavy atom. The fraction of sp³-hybridized carbons (Fsp3) is 0.440. The molecule has 2 unspecified atom stereocenters. The normalized spacial score (nSPS) is 16.7. The van der Waals surface area contributed by atoms with E-state index >= 15 is 0 Å². The Morgan fingerprint density at radius 1 is 1.18 bits per heavy atom. The predicted octanol–water partition coefficient (Wildman–Crippen LogP) is 5.02. The standard InChI is InChI=1S/C25H30FNO5S/c26-19-5-2-7-22(17-19)32-21-6-1-4-18(16-21)23(28)11-9-20-10-12-24(29)27(20)13-15-33-14-3-8-25(30)31/h1-2,4-7,16-17,20,23,28H,3,8-15H2,(H,30,31). The summed E-state index contributed by atoms with van der Waals surface area (Å²) >= 11 is 1.67. The Labute approximate surface area is 197 Å². The van der Waals surface area contributed by atoms with Crippen molar-refractivity contribution >= 4 is 23.6 Å². The van der Waals surface area contributed by atoms with E-state index in [1.807, 2.05) is 11.0 Å². The Kier molecular flexibility index (Phi) is 9.57. The maximum absolute atomic E-state index is 13.4. The third-order valence-corrected chi connectivity index (χ3v) is 6.70. The molecule has 0 radical (unpaired) electrons. The summed E-state index contributed by atoms with van der Waals surface area (Å²) in [6, 6.07) is 13.1. The lowest BCUT2D eigenvalue weighted by molar-refractivity contribution is -0.137. The van der Waals surface area contributed by atoms with Gasteiger partial charge in [-0.05, 0) is 61.3 Å². The molecule has 0 spiro atoms. The maximum Gasteiger partial charge on any atom is 0.303 e. The van der Waals surface area contributed by atoms with Crippen molar-refractivity contribution in [3.63, 3.8) is 0 Å². The van der Waals surface area contributed by atoms with Crippen molar-refractivity contribution in [1.82, 2.24) is 4.90 Å². The summed E-state index contributed by atoms with van der Waals surface area (Å²) in [5, 5.41) is 19.4. The first-order valence-corrected chi connectivity index (χ1v) is 12.4. The van der Waals surface area contributed by atoms with Crippen LogP contribution in [0.2, 0.25) is 0 Å². The average molecular weight is 476 g/mol. The fourth-order valence-corrected chi connectivity index (χ4v) is 4.84. The van der Waals surface area contributed by atoms with Crippen LogP contribution in [0.5, 0.6) is 11.5 Å². The molecule has 0 aliphatic carbocycles. The van der Waals surface area contributed by atoms with E-state index in [2.05, 4.69) is 0 Å². The number of carboxylic acids is 1. The van der Waals surface area contributed by atoms with E-state index < -0.39 is 12.1 Å². The summed E-state index contributed by atoms with van der Waals surface area (Å²) in [5.41, 5.74) is 0.716. The molecule has 1 amide bonds. The van der Waals surface area contributed by atoms with Gasteiger partial charge in [0.25, 0.3) is 0 Å². The molecule has 0 aromatic heterocycles. The van der Waals surface area contributed by atoms with Crippen LogP contribution in [0.15, 0.2) is 48.5 Å². The van der Waals surface area contributed by atoms with Gasteiger partial charge in [0, 0.05) is 37.2 Å². The van der Waals surface area contributed by atoms with Crippen molar-refractivity contribution < 1.29 is 28.9 Å². The molecule has 1 aliphatic heterocycles. The van der Waals surface area contributed by atoms with Gasteiger partial charge >= 0.3 is 5.97 Å². The summed E-state index contributed by atoms with van der Waals surface area (Å²) in [4.78, 5) is 24.8. The Hall–Kier alpha value is -2.58. The average Bonchev–Trinajstić information content (AvgIpc) is 3.13. The van der Waals surface area contributed by atoms with Crippen molar-refractivity contribution in [2.45, 2.75) is 50.7 Å². The van der Waals surface area contributed by atoms with E-state index in [0.717, 1.165) is 17.9 Å². The van der Waals surface area contributed by atoms with E-state index in [-0.39, 0.29) is 24.2 Å². The number of rotatable bonds is 13. The van der Waals surface area contributed by atoms with Crippen molar-refractivity contribution in [3.8, 4) is 11.5 Å². The monoisotopic (exact) mass is 475 g/mol. The minimum absolute atomic E-state index is 0.110. The highest BCUT2D eigenvalue weighted by atomic mass is 32.2. The molecule has 6 nitrogen and oxygen atoms in total. The van der Waals surface area contributed by atoms with Gasteiger partial charge < -0.3 is 19.8 Å². The number of hydrogen-bond acceptors (Lipinski definition) is 5. The summed E-state index contributed by atoms with van der Waals surface area (Å²) in [6.45, 7) is 0.647. The Morgan fingerprint density at radius 2 is 1.94 bits per heavy atom. The van der Waals surface area contributed by atoms with Crippen LogP contribution in [-0.4, -0.2) is 51.1 Å². The van der Waals surface area contributed by atoms with Crippen molar-refractivity contribution in [1.29, 1.82) is 0 Å². The molecule has 0 bridgehead atoms. The highest BCUT2D eigenvalue weighted by molar-refractivity contribution is 7.99. The zero-order valence-electron chi connectivity index (χ0n) is 18.5. The largest absolute Gasteiger partial charge is 0.481 e. The van der Waals surface area contributed by atoms with Crippen LogP contribution in [0, 0.1) is 5.82 Å². The van der Waals surface area contributed by atoms with Crippen LogP contribution in [0.1, 0.15) is 50.2 Å². The molecule has 1 saturated heterocycles. The number of hydrogen-bond donors (Lipinski definition) is 2. The lowest BCUT2D eigenvalue weighted by Crippen LogP contribution is -2.35. The fourth-order valence-electron chi connectivity index (χ4n) is 3.96. The Balaban J connectivity index is 1.47. The molecular formula is C25H30FNO5S. The number of nitrogens with zero attached hydrogens (tertiary/aromatic N) is 1. The SMILES string of the molecule is O=C(O)CCCSCCN1C(=O)CCC1CCC(O)c1cccc(Oc2cccc(F)c2)c1. The molecule has 8 heteroatoms. The molecular weight excluding hydrogens is 445 g/mol. The van der Waals surface area contributed by atoms with Crippen molar-refractivity contribution in [2.75, 3.05) is 18.1 Å². The van der Waals surface area contributed by atoms with Crippen LogP contribution in [-0.2, 0) is 9.59 Å². The number of ether oxygens (including phenoxy) is 1. The third kappa shape index (κ3) is 8.05. The van der Waals surface area contributed by atoms with Gasteiger partial charge in [-0.25, -0.2) is 4.39 Å². The predicted molar refractivity (Wildman–Crippen MR) is 126 cm³/mol. The third-order valence-electron chi connectivity index (χ3n) is 5.66. The number of benzene rings is 2. The van der Waals surface area contributed by atoms with E-state index in [4.69, 9.17) is 9.84 Å². The quantitative estimate of drug-likeness (QED) is 0.396. The summed E-state index contributed by atoms with van der Waals surface area (Å²) < 4.78 is 19.1. The van der Waals surface area contributed by atoms with Gasteiger partial charge in [-0.3, -0.25) is 9.59 Å². The van der Waals surface area contributed by atoms with Gasteiger partial charge in [0.15, 0.2) is 0 Å². The van der Waals surface area contributed by atoms with Crippen LogP contribution < -0.4 is 4.74 Å². The number of carbonyl (C=O) groups is 2. The first-order valence-electron chi connectivity index (χ1n) is 11.2. The maximum atomic E-state index is 13.4. The first kappa shape index (κ1) is 25.1. The van der Waals surface area contributed by atoms with Crippen LogP contribution in [0.25, 0.3) is 0 Å². The molecule has 2 atom stereocenters. The molecule has 1 heterocycles. The number of aliphatic hydroxyl groups is 1. The molecule has 1 fully saturated rings. The molecule has 1 aliphatic rings. The second-order valence-corrected chi connectivity index (χ2v) is 9.34. The van der Waals surface area contributed by atoms with Crippen LogP contribution >= 0.6 is 11.8 Å². The van der Waals surface area contributed by atoms with E-state index in [1.54, 1.807) is 42.1 Å². The highest BCUT2D eigenvalue weighted by Gasteiger charge is 2.30. The van der Waals surface area contributed by atoms with Gasteiger partial charge in [0.05, 0.1) is 6.10 Å². The number of likely N-dealkylation sites (tertiary alicyclic amines) is 1. The number of aliphatic carboxylic acids is 1. The molecule has 2 aromatic rings. The molecule has 2 aromatic carbocycles. The number of halogens is 1. The number of amides is 1. The van der Waals surface area contributed by atoms with Gasteiger partial charge in [0.1, 0.15) is 17.3 Å². The van der Waals surface area contributed by atoms with Crippen LogP contribution in [0.3, 0.4) is 0 Å². The van der Waals surface area contributed by atoms with Gasteiger partial charge in [-0.2, -0.15) is 11.8 Å². The van der Waals surface area contributed by atoms with E-state index in [9.17, 15) is 19.1 Å². The molecule has 33 heavy (non-hydrogen) atoms. The van der Waals surface area contributed by atoms with E-state index in [1.165, 1.54) is 12.1 Å². The number of thioether (sulfide) groups is 1. The molecule has 3 rings (SSSR count). The van der Waals surface area contributed by atoms with E-state index in [0.29, 0.717) is 49.3 Å². The number of aliphatic hydroxyl groups excluding tert-OH is 1. The number of carboxylic acid groups (broad SMARTS) is 1. The summed E-state index contributed by atoms with van der Waals surface area (Å²) in [7, 11) is 0. The van der Waals surface area contributed by atoms with Crippen LogP contribution in [0.4, 0.5) is 4.39 Å². The van der Waals surface area contributed by atoms with Gasteiger partial charge in [-0.15, -0.1) is 0 Å². The zero-order chi connectivity index (χ0) is 23.6. The molecule has 0 saturated carbocycles. The highest BCUT2D eigenvalue weighted by Crippen LogP contribution is 2.30. The lowest BCUT2D eigenvalue weighted by atomic mass is 10.0. The minimum atomic E-state index is -0.782. The van der Waals surface area contributed by atoms with Crippen molar-refractivity contribution in [3.05, 3.63) is 59.9 Å². The zero-order valence-corrected chi connectivity index (χ0v) is 19.3. The molecule has 2 N–H and O–H groups in total. The Bertz CT molecular complexity index is 941. The summed E-state index contributed by atoms with van der Waals surface area (Å²) in [5.74, 6) is 1.45. The van der Waals surface area contributed by atoms with Crippen molar-refractivity contribution in [2.24, 2.45) is 0 Å². The summed E-state index contributed by atoms with van der Waals surface area (Å²) in [6.07, 6.45) is 2.65. The number of carbonyl (C=O) groups excluding carboxylic acids is 1. The van der Waals surface area contributed by atoms with Gasteiger partial charge in [-0.1, -0.05) is 18.2 Å². The van der Waals surface area contributed by atoms with Gasteiger partial charge in [0.2, 0.25) is 5.91 Å². The minimum Gasteiger partial charge on any atom is -0.481 e. The topological polar surface area (TPSA) is 87.1 Å². The second-order valence-electron chi connectivity index (χ2n) is 8.11. The smallest absolute Gasteiger partial charge is 0.303 e.